The average Bonchev–Trinajstić information content (AvgIpc) is 3.46. The molecule has 166 valence electrons. The zero-order valence-corrected chi connectivity index (χ0v) is 18.4. The number of aromatic nitrogens is 3. The zero-order valence-electron chi connectivity index (χ0n) is 18.4. The summed E-state index contributed by atoms with van der Waals surface area (Å²) in [5.74, 6) is 0.370. The predicted octanol–water partition coefficient (Wildman–Crippen LogP) is 5.02. The van der Waals surface area contributed by atoms with Crippen molar-refractivity contribution >= 4 is 23.6 Å². The number of benzene rings is 1. The van der Waals surface area contributed by atoms with E-state index in [1.54, 1.807) is 6.20 Å². The fraction of sp³-hybridized carbons (Fsp3) is 0.375. The third-order valence-electron chi connectivity index (χ3n) is 4.98. The lowest BCUT2D eigenvalue weighted by Crippen LogP contribution is -2.23. The fourth-order valence-corrected chi connectivity index (χ4v) is 3.47. The van der Waals surface area contributed by atoms with E-state index >= 15 is 0 Å². The van der Waals surface area contributed by atoms with Crippen molar-refractivity contribution in [2.24, 2.45) is 11.7 Å². The first kappa shape index (κ1) is 25.0. The van der Waals surface area contributed by atoms with Crippen LogP contribution >= 0.6 is 0 Å². The Balaban J connectivity index is 0. The van der Waals surface area contributed by atoms with E-state index in [-0.39, 0.29) is 8.90 Å². The highest BCUT2D eigenvalue weighted by molar-refractivity contribution is 5.75. The van der Waals surface area contributed by atoms with Crippen molar-refractivity contribution in [2.75, 3.05) is 0 Å². The Hall–Kier alpha value is -2.99. The van der Waals surface area contributed by atoms with Gasteiger partial charge in [-0.3, -0.25) is 9.98 Å². The van der Waals surface area contributed by atoms with Gasteiger partial charge in [-0.2, -0.15) is 0 Å². The molecule has 2 aromatic heterocycles. The molecule has 0 saturated heterocycles. The van der Waals surface area contributed by atoms with Gasteiger partial charge in [-0.05, 0) is 37.3 Å². The molecule has 1 aliphatic carbocycles. The summed E-state index contributed by atoms with van der Waals surface area (Å²) in [5, 5.41) is 8.03. The molecule has 2 heterocycles. The van der Waals surface area contributed by atoms with Crippen LogP contribution in [0.5, 0.6) is 0 Å². The highest BCUT2D eigenvalue weighted by Gasteiger charge is 2.25. The molecule has 6 nitrogen and oxygen atoms in total. The number of aryl methyl sites for hydroxylation is 1. The molecule has 0 amide bonds. The number of fused-ring (bicyclic) bond motifs is 1. The van der Waals surface area contributed by atoms with Crippen LogP contribution in [0.2, 0.25) is 0 Å². The summed E-state index contributed by atoms with van der Waals surface area (Å²) in [7, 11) is 0. The predicted molar refractivity (Wildman–Crippen MR) is 129 cm³/mol. The largest absolute Gasteiger partial charge is 0.345 e. The first-order valence-electron chi connectivity index (χ1n) is 10.5. The van der Waals surface area contributed by atoms with Crippen LogP contribution < -0.4 is 11.2 Å². The van der Waals surface area contributed by atoms with Crippen molar-refractivity contribution in [3.8, 4) is 0 Å². The van der Waals surface area contributed by atoms with Crippen LogP contribution in [0.15, 0.2) is 55.4 Å². The second-order valence-electron chi connectivity index (χ2n) is 6.79. The zero-order chi connectivity index (χ0) is 22.5. The van der Waals surface area contributed by atoms with Gasteiger partial charge >= 0.3 is 0 Å². The van der Waals surface area contributed by atoms with Gasteiger partial charge in [-0.25, -0.2) is 4.98 Å². The molecule has 6 heteroatoms. The smallest absolute Gasteiger partial charge is 0.154 e. The summed E-state index contributed by atoms with van der Waals surface area (Å²) in [6.45, 7) is 12.3. The van der Waals surface area contributed by atoms with Crippen LogP contribution in [-0.2, 0) is 11.2 Å². The van der Waals surface area contributed by atoms with Gasteiger partial charge in [0.15, 0.2) is 5.65 Å². The summed E-state index contributed by atoms with van der Waals surface area (Å²) in [5.41, 5.74) is 10.4. The van der Waals surface area contributed by atoms with E-state index in [4.69, 9.17) is 15.9 Å². The average molecular weight is 414 g/mol. The molecule has 1 aliphatic rings. The molecule has 1 saturated carbocycles. The summed E-state index contributed by atoms with van der Waals surface area (Å²) in [6, 6.07) is 12.7. The van der Waals surface area contributed by atoms with Crippen molar-refractivity contribution in [1.29, 1.82) is 5.41 Å². The monoisotopic (exact) mass is 413 g/mol. The number of rotatable bonds is 3. The summed E-state index contributed by atoms with van der Waals surface area (Å²) >= 11 is 0. The van der Waals surface area contributed by atoms with Gasteiger partial charge in [0, 0.05) is 26.7 Å². The van der Waals surface area contributed by atoms with Crippen LogP contribution in [0, 0.1) is 11.3 Å². The lowest BCUT2D eigenvalue weighted by molar-refractivity contribution is -0.0979. The molecule has 0 bridgehead atoms. The van der Waals surface area contributed by atoms with Crippen LogP contribution in [0.4, 0.5) is 0 Å². The molecule has 0 unspecified atom stereocenters. The molecule has 0 spiro atoms. The molecule has 2 atom stereocenters. The van der Waals surface area contributed by atoms with Crippen molar-refractivity contribution in [3.05, 3.63) is 66.4 Å². The van der Waals surface area contributed by atoms with Crippen LogP contribution in [0.25, 0.3) is 16.9 Å². The van der Waals surface area contributed by atoms with E-state index in [9.17, 15) is 0 Å². The molecule has 30 heavy (non-hydrogen) atoms. The SMILES string of the molecule is C=C([C@@H]1CC[C@H](N)C1)n1c(=N)cnc2[nH]ccc21.C=O.CC.CCc1ccccc1.[HH].[HH]. The van der Waals surface area contributed by atoms with E-state index < -0.39 is 0 Å². The van der Waals surface area contributed by atoms with Crippen molar-refractivity contribution in [1.82, 2.24) is 14.5 Å². The number of carbonyl (C=O) groups is 1. The maximum Gasteiger partial charge on any atom is 0.154 e. The van der Waals surface area contributed by atoms with Crippen LogP contribution in [0.3, 0.4) is 0 Å². The summed E-state index contributed by atoms with van der Waals surface area (Å²) < 4.78 is 1.88. The van der Waals surface area contributed by atoms with Gasteiger partial charge in [0.2, 0.25) is 0 Å². The minimum Gasteiger partial charge on any atom is -0.345 e. The van der Waals surface area contributed by atoms with Gasteiger partial charge in [0.05, 0.1) is 11.7 Å². The molecule has 0 aliphatic heterocycles. The highest BCUT2D eigenvalue weighted by Crippen LogP contribution is 2.32. The Morgan fingerprint density at radius 1 is 1.27 bits per heavy atom. The van der Waals surface area contributed by atoms with Gasteiger partial charge in [-0.15, -0.1) is 0 Å². The van der Waals surface area contributed by atoms with Crippen molar-refractivity contribution in [3.63, 3.8) is 0 Å². The number of H-pyrrole nitrogens is 1. The van der Waals surface area contributed by atoms with Gasteiger partial charge in [0.25, 0.3) is 0 Å². The molecule has 0 radical (unpaired) electrons. The Bertz CT molecular complexity index is 956. The van der Waals surface area contributed by atoms with Crippen molar-refractivity contribution < 1.29 is 7.65 Å². The number of nitrogens with zero attached hydrogens (tertiary/aromatic N) is 2. The Kier molecular flexibility index (Phi) is 11.1. The van der Waals surface area contributed by atoms with Crippen LogP contribution in [0.1, 0.15) is 48.5 Å². The maximum absolute atomic E-state index is 8.03. The second-order valence-corrected chi connectivity index (χ2v) is 6.79. The quantitative estimate of drug-likeness (QED) is 0.561. The molecular formula is C24H39N5O. The Morgan fingerprint density at radius 3 is 2.47 bits per heavy atom. The molecule has 1 aromatic carbocycles. The number of carbonyl (C=O) groups excluding carboxylic acids is 1. The fourth-order valence-electron chi connectivity index (χ4n) is 3.47. The van der Waals surface area contributed by atoms with E-state index in [0.717, 1.165) is 42.5 Å². The third kappa shape index (κ3) is 6.52. The maximum atomic E-state index is 8.03. The number of nitrogens with one attached hydrogen (secondary N) is 2. The number of allylic oxidation sites excluding steroid dienone is 1. The topological polar surface area (TPSA) is 101 Å². The normalized spacial score (nSPS) is 16.9. The lowest BCUT2D eigenvalue weighted by atomic mass is 10.0. The molecular weight excluding hydrogens is 374 g/mol. The number of nitrogens with two attached hydrogens (primary N) is 1. The lowest BCUT2D eigenvalue weighted by Gasteiger charge is -2.17. The van der Waals surface area contributed by atoms with E-state index in [0.29, 0.717) is 11.4 Å². The molecule has 4 rings (SSSR count). The summed E-state index contributed by atoms with van der Waals surface area (Å²) in [6.07, 6.45) is 7.58. The molecule has 3 aromatic rings. The summed E-state index contributed by atoms with van der Waals surface area (Å²) in [4.78, 5) is 15.3. The molecule has 1 fully saturated rings. The minimum atomic E-state index is 0. The Morgan fingerprint density at radius 2 is 1.93 bits per heavy atom. The van der Waals surface area contributed by atoms with E-state index in [1.807, 2.05) is 43.5 Å². The van der Waals surface area contributed by atoms with E-state index in [1.165, 1.54) is 5.56 Å². The van der Waals surface area contributed by atoms with E-state index in [2.05, 4.69) is 47.7 Å². The van der Waals surface area contributed by atoms with Gasteiger partial charge in [-0.1, -0.05) is 57.7 Å². The number of hydrogen-bond acceptors (Lipinski definition) is 4. The first-order chi connectivity index (χ1) is 14.6. The Labute approximate surface area is 182 Å². The van der Waals surface area contributed by atoms with Crippen LogP contribution in [-0.4, -0.2) is 27.4 Å². The first-order valence-corrected chi connectivity index (χ1v) is 10.5. The number of hydrogen-bond donors (Lipinski definition) is 3. The van der Waals surface area contributed by atoms with Gasteiger partial charge < -0.3 is 15.5 Å². The highest BCUT2D eigenvalue weighted by atomic mass is 16.1. The number of aromatic amines is 1. The third-order valence-corrected chi connectivity index (χ3v) is 4.98. The van der Waals surface area contributed by atoms with Crippen molar-refractivity contribution in [2.45, 2.75) is 52.5 Å². The van der Waals surface area contributed by atoms with Gasteiger partial charge in [0.1, 0.15) is 12.3 Å². The molecule has 4 N–H and O–H groups in total. The second kappa shape index (κ2) is 13.3. The standard InChI is InChI=1S/C13H17N5.C8H10.C2H6.CH2O.2H2/c1-8(9-2-3-10(14)6-9)18-11-4-5-16-13(11)17-7-12(18)15;1-2-8-6-4-3-5-7-8;2*1-2;;/h4-5,7,9-10,15-16H,1-3,6,14H2;3-7H,2H2,1H3;1-2H3;1H2;2*1H/t9-,10+;;;;;/m1...../s1. The minimum absolute atomic E-state index is 0.